The highest BCUT2D eigenvalue weighted by Gasteiger charge is 2.12. The quantitative estimate of drug-likeness (QED) is 0.544. The number of hydrogen-bond acceptors (Lipinski definition) is 3. The van der Waals surface area contributed by atoms with Crippen molar-refractivity contribution in [2.75, 3.05) is 0 Å². The molecule has 6 heteroatoms. The van der Waals surface area contributed by atoms with Crippen LogP contribution in [0.1, 0.15) is 27.9 Å². The maximum Gasteiger partial charge on any atom is 0.217 e. The van der Waals surface area contributed by atoms with Crippen LogP contribution in [-0.2, 0) is 12.8 Å². The molecule has 0 unspecified atom stereocenters. The Labute approximate surface area is 155 Å². The van der Waals surface area contributed by atoms with Gasteiger partial charge in [0.1, 0.15) is 5.65 Å². The van der Waals surface area contributed by atoms with Crippen LogP contribution < -0.4 is 0 Å². The van der Waals surface area contributed by atoms with Crippen molar-refractivity contribution in [3.05, 3.63) is 88.0 Å². The van der Waals surface area contributed by atoms with Crippen LogP contribution in [0, 0.1) is 19.1 Å². The Kier molecular flexibility index (Phi) is 4.39. The van der Waals surface area contributed by atoms with Crippen LogP contribution in [0.2, 0.25) is 5.02 Å². The largest absolute Gasteiger partial charge is 0.346 e. The predicted octanol–water partition coefficient (Wildman–Crippen LogP) is 4.44. The maximum absolute atomic E-state index is 14.2. The molecule has 1 radical (unpaired) electrons. The molecule has 0 saturated heterocycles. The fourth-order valence-corrected chi connectivity index (χ4v) is 3.04. The predicted molar refractivity (Wildman–Crippen MR) is 98.7 cm³/mol. The molecule has 0 aliphatic heterocycles. The molecule has 0 spiro atoms. The normalized spacial score (nSPS) is 11.2. The van der Waals surface area contributed by atoms with Crippen molar-refractivity contribution in [1.82, 2.24) is 19.9 Å². The van der Waals surface area contributed by atoms with E-state index >= 15 is 0 Å². The first-order chi connectivity index (χ1) is 12.6. The third kappa shape index (κ3) is 3.44. The smallest absolute Gasteiger partial charge is 0.217 e. The lowest BCUT2D eigenvalue weighted by Crippen LogP contribution is -2.00. The molecule has 0 bridgehead atoms. The van der Waals surface area contributed by atoms with Crippen LogP contribution in [0.4, 0.5) is 4.39 Å². The topological polar surface area (TPSA) is 54.5 Å². The lowest BCUT2D eigenvalue weighted by Gasteiger charge is -2.06. The van der Waals surface area contributed by atoms with Crippen molar-refractivity contribution in [1.29, 1.82) is 0 Å². The minimum absolute atomic E-state index is 0.430. The molecule has 4 heterocycles. The minimum atomic E-state index is -0.507. The average Bonchev–Trinajstić information content (AvgIpc) is 3.02. The molecule has 4 aromatic rings. The summed E-state index contributed by atoms with van der Waals surface area (Å²) >= 11 is 5.86. The van der Waals surface area contributed by atoms with E-state index in [-0.39, 0.29) is 0 Å². The second-order valence-electron chi connectivity index (χ2n) is 6.25. The van der Waals surface area contributed by atoms with Crippen LogP contribution in [0.15, 0.2) is 42.9 Å². The zero-order valence-electron chi connectivity index (χ0n) is 14.1. The van der Waals surface area contributed by atoms with E-state index < -0.39 is 5.95 Å². The highest BCUT2D eigenvalue weighted by Crippen LogP contribution is 2.22. The summed E-state index contributed by atoms with van der Waals surface area (Å²) in [6, 6.07) is 7.46. The van der Waals surface area contributed by atoms with Gasteiger partial charge >= 0.3 is 0 Å². The molecule has 0 atom stereocenters. The Morgan fingerprint density at radius 3 is 2.81 bits per heavy atom. The molecule has 0 amide bonds. The number of rotatable bonds is 4. The molecule has 0 aromatic carbocycles. The van der Waals surface area contributed by atoms with Gasteiger partial charge in [0.05, 0.1) is 11.2 Å². The summed E-state index contributed by atoms with van der Waals surface area (Å²) in [5.41, 5.74) is 4.98. The molecule has 0 fully saturated rings. The van der Waals surface area contributed by atoms with Crippen molar-refractivity contribution in [2.45, 2.75) is 19.8 Å². The highest BCUT2D eigenvalue weighted by molar-refractivity contribution is 6.30. The molecule has 0 aliphatic carbocycles. The number of aromatic nitrogens is 4. The summed E-state index contributed by atoms with van der Waals surface area (Å²) in [5.74, 6) is -0.507. The van der Waals surface area contributed by atoms with Gasteiger partial charge in [-0.3, -0.25) is 4.98 Å². The van der Waals surface area contributed by atoms with Crippen LogP contribution in [0.5, 0.6) is 0 Å². The number of halogens is 2. The fraction of sp³-hybridized carbons (Fsp3) is 0.150. The Morgan fingerprint density at radius 2 is 2.00 bits per heavy atom. The molecule has 4 aromatic heterocycles. The van der Waals surface area contributed by atoms with E-state index in [1.807, 2.05) is 25.3 Å². The molecule has 1 N–H and O–H groups in total. The van der Waals surface area contributed by atoms with Gasteiger partial charge < -0.3 is 4.98 Å². The number of aryl methyl sites for hydroxylation is 1. The Morgan fingerprint density at radius 1 is 1.12 bits per heavy atom. The van der Waals surface area contributed by atoms with Gasteiger partial charge in [0.2, 0.25) is 5.95 Å². The van der Waals surface area contributed by atoms with E-state index in [2.05, 4.69) is 26.1 Å². The zero-order chi connectivity index (χ0) is 18.1. The maximum atomic E-state index is 14.2. The number of hydrogen-bond donors (Lipinski definition) is 1. The van der Waals surface area contributed by atoms with Crippen LogP contribution in [0.3, 0.4) is 0 Å². The molecule has 4 rings (SSSR count). The van der Waals surface area contributed by atoms with E-state index in [4.69, 9.17) is 11.6 Å². The van der Waals surface area contributed by atoms with Crippen LogP contribution in [-0.4, -0.2) is 19.9 Å². The second kappa shape index (κ2) is 6.84. The van der Waals surface area contributed by atoms with Gasteiger partial charge in [0.15, 0.2) is 0 Å². The zero-order valence-corrected chi connectivity index (χ0v) is 14.8. The number of nitrogens with zero attached hydrogens (tertiary/aromatic N) is 3. The number of aromatic amines is 1. The molecule has 4 nitrogen and oxygen atoms in total. The summed E-state index contributed by atoms with van der Waals surface area (Å²) in [6.07, 6.45) is 8.97. The van der Waals surface area contributed by atoms with Gasteiger partial charge in [-0.15, -0.1) is 0 Å². The summed E-state index contributed by atoms with van der Waals surface area (Å²) in [6.45, 7) is 1.99. The third-order valence-electron chi connectivity index (χ3n) is 4.21. The molecule has 0 saturated carbocycles. The first-order valence-corrected chi connectivity index (χ1v) is 8.55. The van der Waals surface area contributed by atoms with Crippen molar-refractivity contribution in [3.63, 3.8) is 0 Å². The van der Waals surface area contributed by atoms with E-state index in [1.165, 1.54) is 0 Å². The molecular weight excluding hydrogens is 351 g/mol. The number of fused-ring (bicyclic) bond motifs is 1. The highest BCUT2D eigenvalue weighted by atomic mass is 35.5. The van der Waals surface area contributed by atoms with Gasteiger partial charge in [0.25, 0.3) is 0 Å². The van der Waals surface area contributed by atoms with Gasteiger partial charge in [-0.05, 0) is 47.9 Å². The van der Waals surface area contributed by atoms with E-state index in [1.54, 1.807) is 24.5 Å². The van der Waals surface area contributed by atoms with Crippen molar-refractivity contribution < 1.29 is 4.39 Å². The standard InChI is InChI=1S/C20H15ClFN4/c1-12-4-18-15(10-26-20(18)25-8-12)7-14-5-13(9-24-19(14)22)6-17-3-2-16(21)11-23-17/h2-5,8,10-11H,6-7H2,1H3,(H,25,26). The summed E-state index contributed by atoms with van der Waals surface area (Å²) in [7, 11) is 0. The van der Waals surface area contributed by atoms with Crippen molar-refractivity contribution in [3.8, 4) is 0 Å². The Balaban J connectivity index is 1.63. The monoisotopic (exact) mass is 365 g/mol. The van der Waals surface area contributed by atoms with E-state index in [9.17, 15) is 4.39 Å². The average molecular weight is 366 g/mol. The van der Waals surface area contributed by atoms with E-state index in [0.29, 0.717) is 23.4 Å². The fourth-order valence-electron chi connectivity index (χ4n) is 2.93. The van der Waals surface area contributed by atoms with Crippen LogP contribution >= 0.6 is 11.6 Å². The van der Waals surface area contributed by atoms with Gasteiger partial charge in [-0.2, -0.15) is 4.39 Å². The molecule has 0 aliphatic rings. The second-order valence-corrected chi connectivity index (χ2v) is 6.69. The summed E-state index contributed by atoms with van der Waals surface area (Å²) in [5, 5.41) is 1.58. The SMILES string of the molecule is Cc1cnc2[nH]cc(Cc3cc(Cc4ccc(Cl)cn4)[c]nc3F)c2c1. The number of H-pyrrole nitrogens is 1. The van der Waals surface area contributed by atoms with Gasteiger partial charge in [0, 0.05) is 48.1 Å². The summed E-state index contributed by atoms with van der Waals surface area (Å²) < 4.78 is 14.2. The molecule has 26 heavy (non-hydrogen) atoms. The molecule has 129 valence electrons. The minimum Gasteiger partial charge on any atom is -0.346 e. The van der Waals surface area contributed by atoms with Gasteiger partial charge in [-0.1, -0.05) is 11.6 Å². The first kappa shape index (κ1) is 16.7. The number of pyridine rings is 3. The lowest BCUT2D eigenvalue weighted by atomic mass is 10.0. The first-order valence-electron chi connectivity index (χ1n) is 8.17. The van der Waals surface area contributed by atoms with E-state index in [0.717, 1.165) is 33.4 Å². The van der Waals surface area contributed by atoms with Crippen molar-refractivity contribution >= 4 is 22.6 Å². The van der Waals surface area contributed by atoms with Gasteiger partial charge in [-0.25, -0.2) is 9.97 Å². The molecular formula is C20H15ClFN4. The number of nitrogens with one attached hydrogen (secondary N) is 1. The Hall–Kier alpha value is -2.79. The summed E-state index contributed by atoms with van der Waals surface area (Å²) in [4.78, 5) is 15.6. The third-order valence-corrected chi connectivity index (χ3v) is 4.43. The van der Waals surface area contributed by atoms with Crippen LogP contribution in [0.25, 0.3) is 11.0 Å². The lowest BCUT2D eigenvalue weighted by molar-refractivity contribution is 0.568. The Bertz CT molecular complexity index is 1070. The van der Waals surface area contributed by atoms with Crippen molar-refractivity contribution in [2.24, 2.45) is 0 Å².